The Morgan fingerprint density at radius 2 is 1.83 bits per heavy atom. The summed E-state index contributed by atoms with van der Waals surface area (Å²) in [6, 6.07) is 9.64. The van der Waals surface area contributed by atoms with Crippen LogP contribution in [0.1, 0.15) is 24.8 Å². The van der Waals surface area contributed by atoms with Crippen molar-refractivity contribution < 1.29 is 19.4 Å². The molecule has 3 rings (SSSR count). The molecular weight excluding hydrogens is 294 g/mol. The Balaban J connectivity index is 1.73. The van der Waals surface area contributed by atoms with Gasteiger partial charge in [-0.05, 0) is 30.7 Å². The van der Waals surface area contributed by atoms with Gasteiger partial charge in [0.1, 0.15) is 5.60 Å². The maximum absolute atomic E-state index is 12.3. The summed E-state index contributed by atoms with van der Waals surface area (Å²) in [5.74, 6) is -0.0348. The van der Waals surface area contributed by atoms with Crippen LogP contribution in [-0.4, -0.2) is 44.0 Å². The van der Waals surface area contributed by atoms with Crippen molar-refractivity contribution in [2.75, 3.05) is 33.0 Å². The first-order valence-corrected chi connectivity index (χ1v) is 8.41. The van der Waals surface area contributed by atoms with E-state index < -0.39 is 5.60 Å². The van der Waals surface area contributed by atoms with Gasteiger partial charge in [0.25, 0.3) is 0 Å². The smallest absolute Gasteiger partial charge is 0.225 e. The summed E-state index contributed by atoms with van der Waals surface area (Å²) in [6.07, 6.45) is 2.36. The van der Waals surface area contributed by atoms with E-state index in [2.05, 4.69) is 5.32 Å². The molecule has 126 valence electrons. The van der Waals surface area contributed by atoms with E-state index in [0.29, 0.717) is 26.4 Å². The van der Waals surface area contributed by atoms with E-state index in [4.69, 9.17) is 9.47 Å². The molecule has 2 N–H and O–H groups in total. The first-order valence-electron chi connectivity index (χ1n) is 8.41. The second-order valence-electron chi connectivity index (χ2n) is 6.46. The zero-order valence-corrected chi connectivity index (χ0v) is 13.4. The third-order valence-corrected chi connectivity index (χ3v) is 5.00. The van der Waals surface area contributed by atoms with E-state index in [1.807, 2.05) is 30.3 Å². The molecule has 2 fully saturated rings. The zero-order valence-electron chi connectivity index (χ0n) is 13.4. The number of rotatable bonds is 5. The molecule has 2 aliphatic rings. The Labute approximate surface area is 137 Å². The lowest BCUT2D eigenvalue weighted by molar-refractivity contribution is -0.128. The van der Waals surface area contributed by atoms with Crippen LogP contribution >= 0.6 is 0 Å². The molecule has 5 heteroatoms. The average Bonchev–Trinajstić information content (AvgIpc) is 3.16. The molecule has 23 heavy (non-hydrogen) atoms. The maximum atomic E-state index is 12.3. The molecule has 5 nitrogen and oxygen atoms in total. The highest BCUT2D eigenvalue weighted by molar-refractivity contribution is 5.79. The van der Waals surface area contributed by atoms with Crippen molar-refractivity contribution >= 4 is 5.91 Å². The number of carbonyl (C=O) groups is 1. The summed E-state index contributed by atoms with van der Waals surface area (Å²) in [7, 11) is 0. The fourth-order valence-electron chi connectivity index (χ4n) is 3.49. The highest BCUT2D eigenvalue weighted by atomic mass is 16.5. The van der Waals surface area contributed by atoms with Gasteiger partial charge >= 0.3 is 0 Å². The second-order valence-corrected chi connectivity index (χ2v) is 6.46. The van der Waals surface area contributed by atoms with E-state index >= 15 is 0 Å². The number of aliphatic hydroxyl groups is 1. The first-order chi connectivity index (χ1) is 11.2. The van der Waals surface area contributed by atoms with Gasteiger partial charge in [-0.1, -0.05) is 30.3 Å². The zero-order chi connectivity index (χ0) is 16.1. The summed E-state index contributed by atoms with van der Waals surface area (Å²) >= 11 is 0. The minimum absolute atomic E-state index is 0.0242. The third-order valence-electron chi connectivity index (χ3n) is 5.00. The van der Waals surface area contributed by atoms with E-state index in [1.54, 1.807) is 0 Å². The summed E-state index contributed by atoms with van der Waals surface area (Å²) in [6.45, 7) is 2.67. The number of carbonyl (C=O) groups excluding carboxylic acids is 1. The van der Waals surface area contributed by atoms with Crippen LogP contribution in [0, 0.1) is 11.8 Å². The molecule has 1 amide bonds. The normalized spacial score (nSPS) is 25.0. The number of hydrogen-bond acceptors (Lipinski definition) is 4. The van der Waals surface area contributed by atoms with Crippen LogP contribution in [0.15, 0.2) is 30.3 Å². The number of benzene rings is 1. The Morgan fingerprint density at radius 3 is 2.48 bits per heavy atom. The summed E-state index contributed by atoms with van der Waals surface area (Å²) < 4.78 is 10.7. The monoisotopic (exact) mass is 319 g/mol. The number of amides is 1. The SMILES string of the molecule is O=C(NC[C@@](O)(c1ccccc1)C1CCOCC1)[C@H]1CCOC1. The quantitative estimate of drug-likeness (QED) is 0.862. The Kier molecular flexibility index (Phi) is 5.30. The summed E-state index contributed by atoms with van der Waals surface area (Å²) in [5.41, 5.74) is -0.199. The third kappa shape index (κ3) is 3.74. The Morgan fingerprint density at radius 1 is 1.13 bits per heavy atom. The molecule has 2 atom stereocenters. The van der Waals surface area contributed by atoms with Gasteiger partial charge in [-0.25, -0.2) is 0 Å². The summed E-state index contributed by atoms with van der Waals surface area (Å²) in [5, 5.41) is 14.3. The molecular formula is C18H25NO4. The topological polar surface area (TPSA) is 67.8 Å². The lowest BCUT2D eigenvalue weighted by Crippen LogP contribution is -2.48. The standard InChI is InChI=1S/C18H25NO4/c20-17(14-6-9-23-12-14)19-13-18(21,15-4-2-1-3-5-15)16-7-10-22-11-8-16/h1-5,14,16,21H,6-13H2,(H,19,20)/t14-,18+/m0/s1. The van der Waals surface area contributed by atoms with Crippen molar-refractivity contribution in [3.05, 3.63) is 35.9 Å². The van der Waals surface area contributed by atoms with Crippen LogP contribution in [0.5, 0.6) is 0 Å². The highest BCUT2D eigenvalue weighted by Crippen LogP contribution is 2.35. The van der Waals surface area contributed by atoms with Crippen LogP contribution in [0.4, 0.5) is 0 Å². The summed E-state index contributed by atoms with van der Waals surface area (Å²) in [4.78, 5) is 12.3. The maximum Gasteiger partial charge on any atom is 0.225 e. The van der Waals surface area contributed by atoms with Gasteiger partial charge in [0.15, 0.2) is 0 Å². The van der Waals surface area contributed by atoms with E-state index in [9.17, 15) is 9.90 Å². The largest absolute Gasteiger partial charge is 0.383 e. The minimum Gasteiger partial charge on any atom is -0.383 e. The van der Waals surface area contributed by atoms with Crippen LogP contribution in [-0.2, 0) is 19.9 Å². The predicted molar refractivity (Wildman–Crippen MR) is 85.8 cm³/mol. The fraction of sp³-hybridized carbons (Fsp3) is 0.611. The van der Waals surface area contributed by atoms with Crippen LogP contribution in [0.25, 0.3) is 0 Å². The van der Waals surface area contributed by atoms with Gasteiger partial charge in [0.2, 0.25) is 5.91 Å². The van der Waals surface area contributed by atoms with Crippen molar-refractivity contribution in [3.8, 4) is 0 Å². The van der Waals surface area contributed by atoms with E-state index in [-0.39, 0.29) is 24.3 Å². The molecule has 0 saturated carbocycles. The van der Waals surface area contributed by atoms with Crippen LogP contribution in [0.3, 0.4) is 0 Å². The molecule has 0 aromatic heterocycles. The number of hydrogen-bond donors (Lipinski definition) is 2. The molecule has 2 aliphatic heterocycles. The van der Waals surface area contributed by atoms with Crippen molar-refractivity contribution in [1.29, 1.82) is 0 Å². The molecule has 1 aromatic rings. The molecule has 0 spiro atoms. The second kappa shape index (κ2) is 7.43. The predicted octanol–water partition coefficient (Wildman–Crippen LogP) is 1.45. The molecule has 2 saturated heterocycles. The van der Waals surface area contributed by atoms with Gasteiger partial charge in [0.05, 0.1) is 19.1 Å². The first kappa shape index (κ1) is 16.4. The van der Waals surface area contributed by atoms with Crippen molar-refractivity contribution in [2.45, 2.75) is 24.9 Å². The molecule has 0 radical (unpaired) electrons. The van der Waals surface area contributed by atoms with Gasteiger partial charge < -0.3 is 19.9 Å². The van der Waals surface area contributed by atoms with Gasteiger partial charge in [-0.3, -0.25) is 4.79 Å². The molecule has 2 heterocycles. The number of ether oxygens (including phenoxy) is 2. The van der Waals surface area contributed by atoms with Crippen molar-refractivity contribution in [3.63, 3.8) is 0 Å². The lowest BCUT2D eigenvalue weighted by atomic mass is 9.77. The molecule has 0 unspecified atom stereocenters. The lowest BCUT2D eigenvalue weighted by Gasteiger charge is -2.39. The minimum atomic E-state index is -1.06. The van der Waals surface area contributed by atoms with E-state index in [0.717, 1.165) is 24.8 Å². The van der Waals surface area contributed by atoms with Crippen LogP contribution < -0.4 is 5.32 Å². The van der Waals surface area contributed by atoms with Crippen LogP contribution in [0.2, 0.25) is 0 Å². The van der Waals surface area contributed by atoms with Gasteiger partial charge in [-0.15, -0.1) is 0 Å². The van der Waals surface area contributed by atoms with Gasteiger partial charge in [0, 0.05) is 19.8 Å². The number of nitrogens with one attached hydrogen (secondary N) is 1. The van der Waals surface area contributed by atoms with E-state index in [1.165, 1.54) is 0 Å². The van der Waals surface area contributed by atoms with Gasteiger partial charge in [-0.2, -0.15) is 0 Å². The van der Waals surface area contributed by atoms with Crippen molar-refractivity contribution in [1.82, 2.24) is 5.32 Å². The molecule has 0 bridgehead atoms. The molecule has 0 aliphatic carbocycles. The Hall–Kier alpha value is -1.43. The Bertz CT molecular complexity index is 509. The molecule has 1 aromatic carbocycles. The van der Waals surface area contributed by atoms with Crippen molar-refractivity contribution in [2.24, 2.45) is 11.8 Å². The fourth-order valence-corrected chi connectivity index (χ4v) is 3.49. The average molecular weight is 319 g/mol. The highest BCUT2D eigenvalue weighted by Gasteiger charge is 2.40.